The molecule has 1 heterocycles. The number of benzene rings is 2. The minimum absolute atomic E-state index is 0.0730. The van der Waals surface area contributed by atoms with Crippen molar-refractivity contribution in [3.8, 4) is 0 Å². The molecule has 1 atom stereocenters. The smallest absolute Gasteiger partial charge is 0.326 e. The first kappa shape index (κ1) is 18.4. The number of carboxylic acids is 1. The molecule has 0 fully saturated rings. The molecule has 1 amide bonds. The highest BCUT2D eigenvalue weighted by Gasteiger charge is 2.21. The van der Waals surface area contributed by atoms with Crippen LogP contribution in [-0.2, 0) is 22.4 Å². The van der Waals surface area contributed by atoms with Crippen molar-refractivity contribution in [2.75, 3.05) is 0 Å². The molecule has 0 aliphatic carbocycles. The monoisotopic (exact) mass is 371 g/mol. The molecule has 0 saturated carbocycles. The number of amides is 1. The molecule has 1 aromatic heterocycles. The van der Waals surface area contributed by atoms with Gasteiger partial charge in [-0.3, -0.25) is 9.78 Å². The normalized spacial score (nSPS) is 11.9. The summed E-state index contributed by atoms with van der Waals surface area (Å²) in [6.07, 6.45) is 1.03. The van der Waals surface area contributed by atoms with Crippen molar-refractivity contribution in [3.05, 3.63) is 71.6 Å². The average Bonchev–Trinajstić information content (AvgIpc) is 2.60. The van der Waals surface area contributed by atoms with Crippen molar-refractivity contribution in [2.24, 2.45) is 0 Å². The molecular weight excluding hydrogens is 356 g/mol. The Kier molecular flexibility index (Phi) is 5.35. The lowest BCUT2D eigenvalue weighted by molar-refractivity contribution is -0.141. The molecule has 3 rings (SSSR count). The third-order valence-electron chi connectivity index (χ3n) is 3.83. The van der Waals surface area contributed by atoms with Gasteiger partial charge in [-0.1, -0.05) is 12.1 Å². The molecule has 0 bridgehead atoms. The topological polar surface area (TPSA) is 92.2 Å². The van der Waals surface area contributed by atoms with Gasteiger partial charge in [-0.2, -0.15) is 0 Å². The van der Waals surface area contributed by atoms with Gasteiger partial charge < -0.3 is 10.4 Å². The predicted molar refractivity (Wildman–Crippen MR) is 92.9 cm³/mol. The Morgan fingerprint density at radius 1 is 1.07 bits per heavy atom. The average molecular weight is 371 g/mol. The second-order valence-electron chi connectivity index (χ2n) is 5.97. The van der Waals surface area contributed by atoms with Crippen molar-refractivity contribution in [1.82, 2.24) is 15.3 Å². The number of nitrogens with zero attached hydrogens (tertiary/aromatic N) is 2. The van der Waals surface area contributed by atoms with Crippen molar-refractivity contribution in [1.29, 1.82) is 0 Å². The van der Waals surface area contributed by atoms with Crippen LogP contribution in [0.15, 0.2) is 48.7 Å². The summed E-state index contributed by atoms with van der Waals surface area (Å²) in [7, 11) is 0. The molecule has 0 spiro atoms. The fraction of sp³-hybridized carbons (Fsp3) is 0.158. The van der Waals surface area contributed by atoms with Gasteiger partial charge in [0, 0.05) is 18.7 Å². The molecule has 2 N–H and O–H groups in total. The Balaban J connectivity index is 1.71. The summed E-state index contributed by atoms with van der Waals surface area (Å²) in [4.78, 5) is 32.1. The first-order chi connectivity index (χ1) is 12.9. The quantitative estimate of drug-likeness (QED) is 0.693. The zero-order valence-corrected chi connectivity index (χ0v) is 14.0. The maximum absolute atomic E-state index is 13.2. The Bertz CT molecular complexity index is 990. The lowest BCUT2D eigenvalue weighted by Crippen LogP contribution is -2.43. The molecule has 0 unspecified atom stereocenters. The molecule has 0 saturated heterocycles. The van der Waals surface area contributed by atoms with Crippen LogP contribution >= 0.6 is 0 Å². The van der Waals surface area contributed by atoms with Crippen molar-refractivity contribution in [2.45, 2.75) is 18.9 Å². The van der Waals surface area contributed by atoms with Crippen LogP contribution in [0, 0.1) is 11.6 Å². The van der Waals surface area contributed by atoms with Crippen LogP contribution in [0.2, 0.25) is 0 Å². The zero-order chi connectivity index (χ0) is 19.4. The van der Waals surface area contributed by atoms with Crippen molar-refractivity contribution >= 4 is 22.9 Å². The fourth-order valence-electron chi connectivity index (χ4n) is 2.65. The number of para-hydroxylation sites is 2. The summed E-state index contributed by atoms with van der Waals surface area (Å²) in [5.74, 6) is -3.53. The number of aromatic nitrogens is 2. The van der Waals surface area contributed by atoms with Crippen LogP contribution < -0.4 is 5.32 Å². The zero-order valence-electron chi connectivity index (χ0n) is 14.0. The van der Waals surface area contributed by atoms with Crippen LogP contribution in [0.4, 0.5) is 8.78 Å². The van der Waals surface area contributed by atoms with E-state index in [0.29, 0.717) is 22.8 Å². The van der Waals surface area contributed by atoms with E-state index in [-0.39, 0.29) is 18.4 Å². The lowest BCUT2D eigenvalue weighted by atomic mass is 10.1. The molecule has 138 valence electrons. The summed E-state index contributed by atoms with van der Waals surface area (Å²) < 4.78 is 26.4. The van der Waals surface area contributed by atoms with Gasteiger partial charge in [-0.05, 0) is 29.8 Å². The number of hydrogen-bond donors (Lipinski definition) is 2. The van der Waals surface area contributed by atoms with Gasteiger partial charge in [0.2, 0.25) is 5.91 Å². The Hall–Kier alpha value is -3.42. The predicted octanol–water partition coefficient (Wildman–Crippen LogP) is 2.26. The van der Waals surface area contributed by atoms with Gasteiger partial charge in [0.15, 0.2) is 0 Å². The van der Waals surface area contributed by atoms with E-state index in [0.717, 1.165) is 12.1 Å². The Morgan fingerprint density at radius 3 is 2.41 bits per heavy atom. The molecule has 0 radical (unpaired) electrons. The van der Waals surface area contributed by atoms with Gasteiger partial charge in [0.25, 0.3) is 0 Å². The molecule has 3 aromatic rings. The number of fused-ring (bicyclic) bond motifs is 1. The third kappa shape index (κ3) is 4.81. The van der Waals surface area contributed by atoms with E-state index in [1.807, 2.05) is 6.07 Å². The van der Waals surface area contributed by atoms with Gasteiger partial charge in [-0.15, -0.1) is 0 Å². The van der Waals surface area contributed by atoms with Crippen LogP contribution in [0.5, 0.6) is 0 Å². The largest absolute Gasteiger partial charge is 0.480 e. The number of carbonyl (C=O) groups is 2. The van der Waals surface area contributed by atoms with Gasteiger partial charge in [-0.25, -0.2) is 18.6 Å². The number of nitrogens with one attached hydrogen (secondary N) is 1. The Labute approximate surface area is 152 Å². The maximum Gasteiger partial charge on any atom is 0.326 e. The van der Waals surface area contributed by atoms with Crippen LogP contribution in [0.3, 0.4) is 0 Å². The molecule has 6 nitrogen and oxygen atoms in total. The summed E-state index contributed by atoms with van der Waals surface area (Å²) in [6.45, 7) is 0. The van der Waals surface area contributed by atoms with E-state index >= 15 is 0 Å². The van der Waals surface area contributed by atoms with Crippen molar-refractivity contribution in [3.63, 3.8) is 0 Å². The minimum Gasteiger partial charge on any atom is -0.480 e. The van der Waals surface area contributed by atoms with E-state index in [4.69, 9.17) is 0 Å². The molecule has 0 aliphatic rings. The van der Waals surface area contributed by atoms with E-state index in [1.54, 1.807) is 18.2 Å². The van der Waals surface area contributed by atoms with Crippen LogP contribution in [0.25, 0.3) is 11.0 Å². The highest BCUT2D eigenvalue weighted by Crippen LogP contribution is 2.11. The van der Waals surface area contributed by atoms with Crippen LogP contribution in [0.1, 0.15) is 11.3 Å². The maximum atomic E-state index is 13.2. The Morgan fingerprint density at radius 2 is 1.74 bits per heavy atom. The first-order valence-electron chi connectivity index (χ1n) is 8.08. The van der Waals surface area contributed by atoms with Gasteiger partial charge in [0.05, 0.1) is 23.1 Å². The standard InChI is InChI=1S/C19H15F2N3O3/c20-12-5-11(6-13(21)8-12)7-18(25)24-17(19(26)27)9-14-10-22-15-3-1-2-4-16(15)23-14/h1-6,8,10,17H,7,9H2,(H,24,25)(H,26,27)/t17-/m0/s1. The molecule has 27 heavy (non-hydrogen) atoms. The molecule has 0 aliphatic heterocycles. The van der Waals surface area contributed by atoms with Crippen molar-refractivity contribution < 1.29 is 23.5 Å². The number of halogens is 2. The van der Waals surface area contributed by atoms with Gasteiger partial charge >= 0.3 is 5.97 Å². The number of carboxylic acid groups (broad SMARTS) is 1. The molecular formula is C19H15F2N3O3. The van der Waals surface area contributed by atoms with E-state index in [1.165, 1.54) is 6.20 Å². The summed E-state index contributed by atoms with van der Waals surface area (Å²) in [5.41, 5.74) is 1.80. The number of hydrogen-bond acceptors (Lipinski definition) is 4. The summed E-state index contributed by atoms with van der Waals surface area (Å²) >= 11 is 0. The third-order valence-corrected chi connectivity index (χ3v) is 3.83. The lowest BCUT2D eigenvalue weighted by Gasteiger charge is -2.14. The molecule has 2 aromatic carbocycles. The fourth-order valence-corrected chi connectivity index (χ4v) is 2.65. The first-order valence-corrected chi connectivity index (χ1v) is 8.08. The highest BCUT2D eigenvalue weighted by atomic mass is 19.1. The SMILES string of the molecule is O=C(Cc1cc(F)cc(F)c1)N[C@@H](Cc1cnc2ccccc2n1)C(=O)O. The number of rotatable bonds is 6. The highest BCUT2D eigenvalue weighted by molar-refractivity contribution is 5.85. The summed E-state index contributed by atoms with van der Waals surface area (Å²) in [5, 5.41) is 11.7. The van der Waals surface area contributed by atoms with E-state index < -0.39 is 29.6 Å². The summed E-state index contributed by atoms with van der Waals surface area (Å²) in [6, 6.07) is 8.62. The second kappa shape index (κ2) is 7.86. The van der Waals surface area contributed by atoms with E-state index in [9.17, 15) is 23.5 Å². The van der Waals surface area contributed by atoms with Crippen LogP contribution in [-0.4, -0.2) is 33.0 Å². The molecule has 8 heteroatoms. The van der Waals surface area contributed by atoms with E-state index in [2.05, 4.69) is 15.3 Å². The second-order valence-corrected chi connectivity index (χ2v) is 5.97. The van der Waals surface area contributed by atoms with Gasteiger partial charge in [0.1, 0.15) is 17.7 Å². The minimum atomic E-state index is -1.25. The number of aliphatic carboxylic acids is 1. The number of carbonyl (C=O) groups excluding carboxylic acids is 1.